The number of hydrogen-bond donors (Lipinski definition) is 2. The van der Waals surface area contributed by atoms with E-state index >= 15 is 0 Å². The first-order valence-corrected chi connectivity index (χ1v) is 9.32. The van der Waals surface area contributed by atoms with Crippen molar-refractivity contribution in [3.8, 4) is 17.2 Å². The molecule has 0 saturated heterocycles. The van der Waals surface area contributed by atoms with E-state index in [9.17, 15) is 0 Å². The summed E-state index contributed by atoms with van der Waals surface area (Å²) in [6, 6.07) is 9.52. The van der Waals surface area contributed by atoms with Crippen LogP contribution in [0.1, 0.15) is 18.1 Å². The maximum atomic E-state index is 6.13. The average molecular weight is 409 g/mol. The van der Waals surface area contributed by atoms with Crippen LogP contribution in [-0.2, 0) is 0 Å². The van der Waals surface area contributed by atoms with Gasteiger partial charge in [0.25, 0.3) is 0 Å². The van der Waals surface area contributed by atoms with Crippen molar-refractivity contribution in [2.45, 2.75) is 26.8 Å². The number of nitrogens with one attached hydrogen (secondary N) is 2. The molecule has 1 atom stereocenters. The fraction of sp³-hybridized carbons (Fsp3) is 0.350. The van der Waals surface area contributed by atoms with Crippen molar-refractivity contribution < 1.29 is 14.2 Å². The smallest absolute Gasteiger partial charge is 0.171 e. The van der Waals surface area contributed by atoms with Crippen molar-refractivity contribution in [3.05, 3.63) is 46.5 Å². The lowest BCUT2D eigenvalue weighted by molar-refractivity contribution is 0.283. The minimum atomic E-state index is 0.00389. The van der Waals surface area contributed by atoms with Crippen molar-refractivity contribution in [1.82, 2.24) is 5.32 Å². The van der Waals surface area contributed by atoms with Gasteiger partial charge in [-0.15, -0.1) is 0 Å². The van der Waals surface area contributed by atoms with Crippen molar-refractivity contribution in [2.24, 2.45) is 0 Å². The average Bonchev–Trinajstić information content (AvgIpc) is 2.62. The lowest BCUT2D eigenvalue weighted by atomic mass is 10.1. The summed E-state index contributed by atoms with van der Waals surface area (Å²) >= 11 is 11.5. The maximum Gasteiger partial charge on any atom is 0.171 e. The van der Waals surface area contributed by atoms with Crippen LogP contribution in [0.5, 0.6) is 17.2 Å². The fourth-order valence-corrected chi connectivity index (χ4v) is 3.16. The second-order valence-corrected chi connectivity index (χ2v) is 7.03. The maximum absolute atomic E-state index is 6.13. The first-order valence-electron chi connectivity index (χ1n) is 8.53. The Labute approximate surface area is 171 Å². The number of para-hydroxylation sites is 1. The predicted octanol–water partition coefficient (Wildman–Crippen LogP) is 4.73. The van der Waals surface area contributed by atoms with Gasteiger partial charge >= 0.3 is 0 Å². The van der Waals surface area contributed by atoms with Gasteiger partial charge < -0.3 is 24.8 Å². The minimum absolute atomic E-state index is 0.00389. The van der Waals surface area contributed by atoms with E-state index < -0.39 is 0 Å². The summed E-state index contributed by atoms with van der Waals surface area (Å²) in [5.74, 6) is 2.02. The Hall–Kier alpha value is -2.18. The number of anilines is 1. The molecule has 0 spiro atoms. The number of hydrogen-bond acceptors (Lipinski definition) is 4. The van der Waals surface area contributed by atoms with Crippen LogP contribution in [0.2, 0.25) is 5.02 Å². The first-order chi connectivity index (χ1) is 12.8. The Bertz CT molecular complexity index is 794. The topological polar surface area (TPSA) is 51.8 Å². The molecule has 0 radical (unpaired) electrons. The van der Waals surface area contributed by atoms with Gasteiger partial charge in [0.05, 0.1) is 31.0 Å². The van der Waals surface area contributed by atoms with Gasteiger partial charge in [-0.3, -0.25) is 0 Å². The standard InChI is InChI=1S/C20H25ClN2O3S/c1-12-7-6-8-13(2)19(12)26-11-14(3)22-20(27)23-16-10-17(24-4)15(21)9-18(16)25-5/h6-10,14H,11H2,1-5H3,(H2,22,23,27). The number of benzene rings is 2. The molecule has 0 aliphatic rings. The molecular weight excluding hydrogens is 384 g/mol. The van der Waals surface area contributed by atoms with Crippen molar-refractivity contribution in [2.75, 3.05) is 26.1 Å². The zero-order chi connectivity index (χ0) is 20.0. The second-order valence-electron chi connectivity index (χ2n) is 6.22. The summed E-state index contributed by atoms with van der Waals surface area (Å²) in [5.41, 5.74) is 2.89. The van der Waals surface area contributed by atoms with Crippen molar-refractivity contribution in [3.63, 3.8) is 0 Å². The molecule has 0 fully saturated rings. The predicted molar refractivity (Wildman–Crippen MR) is 115 cm³/mol. The quantitative estimate of drug-likeness (QED) is 0.646. The zero-order valence-corrected chi connectivity index (χ0v) is 17.8. The highest BCUT2D eigenvalue weighted by atomic mass is 35.5. The molecule has 2 rings (SSSR count). The Morgan fingerprint density at radius 2 is 1.74 bits per heavy atom. The van der Waals surface area contributed by atoms with Crippen LogP contribution in [0.4, 0.5) is 5.69 Å². The summed E-state index contributed by atoms with van der Waals surface area (Å²) in [6.07, 6.45) is 0. The third kappa shape index (κ3) is 5.65. The van der Waals surface area contributed by atoms with Crippen LogP contribution >= 0.6 is 23.8 Å². The number of rotatable bonds is 7. The Morgan fingerprint density at radius 1 is 1.11 bits per heavy atom. The van der Waals surface area contributed by atoms with E-state index in [2.05, 4.69) is 10.6 Å². The molecule has 0 amide bonds. The van der Waals surface area contributed by atoms with Crippen LogP contribution in [-0.4, -0.2) is 32.0 Å². The highest BCUT2D eigenvalue weighted by Gasteiger charge is 2.13. The fourth-order valence-electron chi connectivity index (χ4n) is 2.62. The third-order valence-corrected chi connectivity index (χ3v) is 4.50. The molecule has 0 saturated carbocycles. The number of ether oxygens (including phenoxy) is 3. The number of aryl methyl sites for hydroxylation is 2. The second kappa shape index (κ2) is 9.67. The van der Waals surface area contributed by atoms with Crippen LogP contribution < -0.4 is 24.8 Å². The number of thiocarbonyl (C=S) groups is 1. The van der Waals surface area contributed by atoms with E-state index in [0.717, 1.165) is 16.9 Å². The van der Waals surface area contributed by atoms with E-state index in [1.807, 2.05) is 39.0 Å². The van der Waals surface area contributed by atoms with Crippen molar-refractivity contribution >= 4 is 34.6 Å². The van der Waals surface area contributed by atoms with Gasteiger partial charge in [0.1, 0.15) is 23.9 Å². The molecule has 2 N–H and O–H groups in total. The lowest BCUT2D eigenvalue weighted by Crippen LogP contribution is -2.39. The molecule has 2 aromatic rings. The largest absolute Gasteiger partial charge is 0.495 e. The van der Waals surface area contributed by atoms with E-state index in [1.165, 1.54) is 0 Å². The summed E-state index contributed by atoms with van der Waals surface area (Å²) in [7, 11) is 3.13. The van der Waals surface area contributed by atoms with Gasteiger partial charge in [-0.1, -0.05) is 29.8 Å². The van der Waals surface area contributed by atoms with Gasteiger partial charge in [-0.25, -0.2) is 0 Å². The Morgan fingerprint density at radius 3 is 2.33 bits per heavy atom. The van der Waals surface area contributed by atoms with Gasteiger partial charge in [0, 0.05) is 12.1 Å². The van der Waals surface area contributed by atoms with Crippen LogP contribution in [0.25, 0.3) is 0 Å². The summed E-state index contributed by atoms with van der Waals surface area (Å²) in [5, 5.41) is 7.24. The highest BCUT2D eigenvalue weighted by Crippen LogP contribution is 2.35. The summed E-state index contributed by atoms with van der Waals surface area (Å²) < 4.78 is 16.6. The van der Waals surface area contributed by atoms with E-state index in [0.29, 0.717) is 33.9 Å². The number of halogens is 1. The number of methoxy groups -OCH3 is 2. The molecular formula is C20H25ClN2O3S. The lowest BCUT2D eigenvalue weighted by Gasteiger charge is -2.20. The van der Waals surface area contributed by atoms with Crippen LogP contribution in [0, 0.1) is 13.8 Å². The molecule has 146 valence electrons. The van der Waals surface area contributed by atoms with Crippen molar-refractivity contribution in [1.29, 1.82) is 0 Å². The normalized spacial score (nSPS) is 11.5. The van der Waals surface area contributed by atoms with Gasteiger partial charge in [0.15, 0.2) is 5.11 Å². The molecule has 27 heavy (non-hydrogen) atoms. The van der Waals surface area contributed by atoms with Gasteiger partial charge in [-0.05, 0) is 44.1 Å². The Kier molecular flexibility index (Phi) is 7.56. The Balaban J connectivity index is 1.97. The monoisotopic (exact) mass is 408 g/mol. The first kappa shape index (κ1) is 21.1. The van der Waals surface area contributed by atoms with E-state index in [1.54, 1.807) is 26.4 Å². The summed E-state index contributed by atoms with van der Waals surface area (Å²) in [4.78, 5) is 0. The molecule has 0 aliphatic carbocycles. The van der Waals surface area contributed by atoms with E-state index in [-0.39, 0.29) is 6.04 Å². The minimum Gasteiger partial charge on any atom is -0.495 e. The highest BCUT2D eigenvalue weighted by molar-refractivity contribution is 7.80. The summed E-state index contributed by atoms with van der Waals surface area (Å²) in [6.45, 7) is 6.55. The molecule has 1 unspecified atom stereocenters. The van der Waals surface area contributed by atoms with E-state index in [4.69, 9.17) is 38.0 Å². The molecule has 0 heterocycles. The molecule has 7 heteroatoms. The van der Waals surface area contributed by atoms with Crippen LogP contribution in [0.15, 0.2) is 30.3 Å². The molecule has 0 bridgehead atoms. The van der Waals surface area contributed by atoms with Crippen LogP contribution in [0.3, 0.4) is 0 Å². The molecule has 2 aromatic carbocycles. The van der Waals surface area contributed by atoms with Gasteiger partial charge in [-0.2, -0.15) is 0 Å². The third-order valence-electron chi connectivity index (χ3n) is 3.99. The SMILES string of the molecule is COc1cc(NC(=S)NC(C)COc2c(C)cccc2C)c(OC)cc1Cl. The molecule has 0 aliphatic heterocycles. The molecule has 5 nitrogen and oxygen atoms in total. The zero-order valence-electron chi connectivity index (χ0n) is 16.2. The van der Waals surface area contributed by atoms with Gasteiger partial charge in [0.2, 0.25) is 0 Å². The molecule has 0 aromatic heterocycles.